The molecule has 2 rings (SSSR count). The number of aromatic amines is 1. The van der Waals surface area contributed by atoms with Gasteiger partial charge in [0.15, 0.2) is 5.16 Å². The van der Waals surface area contributed by atoms with Crippen LogP contribution >= 0.6 is 11.8 Å². The number of nitrogens with two attached hydrogens (primary N) is 1. The van der Waals surface area contributed by atoms with Crippen molar-refractivity contribution in [1.29, 1.82) is 0 Å². The van der Waals surface area contributed by atoms with Crippen LogP contribution in [0.4, 0.5) is 0 Å². The lowest BCUT2D eigenvalue weighted by Gasteiger charge is -2.15. The van der Waals surface area contributed by atoms with Gasteiger partial charge in [0.25, 0.3) is 0 Å². The zero-order valence-electron chi connectivity index (χ0n) is 12.2. The summed E-state index contributed by atoms with van der Waals surface area (Å²) in [6.07, 6.45) is 0.874. The number of benzene rings is 1. The molecule has 0 spiro atoms. The smallest absolute Gasteiger partial charge is 0.343 e. The van der Waals surface area contributed by atoms with Gasteiger partial charge in [-0.05, 0) is 24.1 Å². The van der Waals surface area contributed by atoms with Crippen molar-refractivity contribution >= 4 is 11.8 Å². The number of aromatic nitrogens is 3. The maximum atomic E-state index is 11.7. The van der Waals surface area contributed by atoms with Crippen LogP contribution in [0.3, 0.4) is 0 Å². The lowest BCUT2D eigenvalue weighted by atomic mass is 10.1. The lowest BCUT2D eigenvalue weighted by molar-refractivity contribution is 0.414. The average Bonchev–Trinajstić information content (AvgIpc) is 2.86. The molecule has 0 fully saturated rings. The molecular formula is C14H20N4O2S. The highest BCUT2D eigenvalue weighted by Gasteiger charge is 2.17. The van der Waals surface area contributed by atoms with Crippen LogP contribution in [0.15, 0.2) is 34.2 Å². The number of ether oxygens (including phenoxy) is 1. The molecule has 0 saturated carbocycles. The molecule has 0 amide bonds. The number of nitrogens with zero attached hydrogens (tertiary/aromatic N) is 2. The molecule has 1 unspecified atom stereocenters. The van der Waals surface area contributed by atoms with E-state index in [0.717, 1.165) is 17.7 Å². The molecule has 1 heterocycles. The van der Waals surface area contributed by atoms with Gasteiger partial charge in [0.2, 0.25) is 0 Å². The van der Waals surface area contributed by atoms with Gasteiger partial charge in [-0.3, -0.25) is 4.57 Å². The molecule has 0 saturated heterocycles. The molecule has 6 nitrogen and oxygen atoms in total. The van der Waals surface area contributed by atoms with Crippen LogP contribution in [-0.2, 0) is 6.54 Å². The van der Waals surface area contributed by atoms with Crippen LogP contribution in [0.2, 0.25) is 0 Å². The second kappa shape index (κ2) is 7.33. The summed E-state index contributed by atoms with van der Waals surface area (Å²) in [7, 11) is 1.64. The molecule has 2 aromatic rings. The number of nitrogens with one attached hydrogen (secondary N) is 1. The van der Waals surface area contributed by atoms with E-state index in [1.807, 2.05) is 31.2 Å². The first-order chi connectivity index (χ1) is 10.2. The Labute approximate surface area is 127 Å². The molecule has 0 bridgehead atoms. The second-order valence-corrected chi connectivity index (χ2v) is 5.75. The van der Waals surface area contributed by atoms with E-state index in [1.165, 1.54) is 11.8 Å². The SMILES string of the molecule is CCCn1c(SC(CN)c2cccc(OC)c2)n[nH]c1=O. The normalized spacial score (nSPS) is 12.3. The topological polar surface area (TPSA) is 85.9 Å². The zero-order valence-corrected chi connectivity index (χ0v) is 13.0. The molecule has 21 heavy (non-hydrogen) atoms. The maximum Gasteiger partial charge on any atom is 0.343 e. The lowest BCUT2D eigenvalue weighted by Crippen LogP contribution is -2.18. The van der Waals surface area contributed by atoms with E-state index >= 15 is 0 Å². The highest BCUT2D eigenvalue weighted by atomic mass is 32.2. The molecule has 3 N–H and O–H groups in total. The Morgan fingerprint density at radius 3 is 3.00 bits per heavy atom. The average molecular weight is 308 g/mol. The Kier molecular flexibility index (Phi) is 5.46. The van der Waals surface area contributed by atoms with Crippen LogP contribution in [-0.4, -0.2) is 28.4 Å². The summed E-state index contributed by atoms with van der Waals surface area (Å²) in [6.45, 7) is 3.12. The Balaban J connectivity index is 2.24. The fourth-order valence-corrected chi connectivity index (χ4v) is 3.07. The van der Waals surface area contributed by atoms with E-state index in [4.69, 9.17) is 10.5 Å². The minimum atomic E-state index is -0.180. The summed E-state index contributed by atoms with van der Waals surface area (Å²) in [4.78, 5) is 11.7. The number of hydrogen-bond donors (Lipinski definition) is 2. The summed E-state index contributed by atoms with van der Waals surface area (Å²) in [6, 6.07) is 7.78. The van der Waals surface area contributed by atoms with Crippen molar-refractivity contribution in [3.63, 3.8) is 0 Å². The quantitative estimate of drug-likeness (QED) is 0.762. The number of H-pyrrole nitrogens is 1. The third-order valence-corrected chi connectivity index (χ3v) is 4.37. The highest BCUT2D eigenvalue weighted by molar-refractivity contribution is 7.99. The molecule has 1 atom stereocenters. The zero-order chi connectivity index (χ0) is 15.2. The van der Waals surface area contributed by atoms with Crippen molar-refractivity contribution in [2.45, 2.75) is 30.3 Å². The van der Waals surface area contributed by atoms with Crippen molar-refractivity contribution in [1.82, 2.24) is 14.8 Å². The van der Waals surface area contributed by atoms with Gasteiger partial charge < -0.3 is 10.5 Å². The van der Waals surface area contributed by atoms with Crippen molar-refractivity contribution in [3.05, 3.63) is 40.3 Å². The van der Waals surface area contributed by atoms with Gasteiger partial charge in [-0.15, -0.1) is 5.10 Å². The van der Waals surface area contributed by atoms with E-state index < -0.39 is 0 Å². The first kappa shape index (κ1) is 15.7. The number of hydrogen-bond acceptors (Lipinski definition) is 5. The highest BCUT2D eigenvalue weighted by Crippen LogP contribution is 2.34. The maximum absolute atomic E-state index is 11.7. The first-order valence-corrected chi connectivity index (χ1v) is 7.73. The monoisotopic (exact) mass is 308 g/mol. The van der Waals surface area contributed by atoms with E-state index in [2.05, 4.69) is 10.2 Å². The summed E-state index contributed by atoms with van der Waals surface area (Å²) < 4.78 is 6.89. The molecule has 114 valence electrons. The van der Waals surface area contributed by atoms with Gasteiger partial charge in [-0.25, -0.2) is 9.89 Å². The molecule has 0 radical (unpaired) electrons. The molecule has 1 aromatic carbocycles. The molecule has 1 aromatic heterocycles. The Hall–Kier alpha value is -1.73. The van der Waals surface area contributed by atoms with Crippen LogP contribution in [0.5, 0.6) is 5.75 Å². The minimum absolute atomic E-state index is 0.0194. The van der Waals surface area contributed by atoms with Gasteiger partial charge in [0, 0.05) is 18.3 Å². The fourth-order valence-electron chi connectivity index (χ4n) is 2.04. The predicted octanol–water partition coefficient (Wildman–Crippen LogP) is 1.78. The van der Waals surface area contributed by atoms with E-state index in [-0.39, 0.29) is 10.9 Å². The van der Waals surface area contributed by atoms with Gasteiger partial charge >= 0.3 is 5.69 Å². The van der Waals surface area contributed by atoms with E-state index in [0.29, 0.717) is 18.2 Å². The summed E-state index contributed by atoms with van der Waals surface area (Å²) in [5.74, 6) is 0.791. The van der Waals surface area contributed by atoms with Crippen molar-refractivity contribution in [2.24, 2.45) is 5.73 Å². The summed E-state index contributed by atoms with van der Waals surface area (Å²) in [5.41, 5.74) is 6.76. The number of rotatable bonds is 7. The predicted molar refractivity (Wildman–Crippen MR) is 83.8 cm³/mol. The molecule has 0 aliphatic rings. The van der Waals surface area contributed by atoms with Crippen LogP contribution in [0, 0.1) is 0 Å². The van der Waals surface area contributed by atoms with Gasteiger partial charge in [-0.1, -0.05) is 30.8 Å². The van der Waals surface area contributed by atoms with Gasteiger partial charge in [0.1, 0.15) is 5.75 Å². The fraction of sp³-hybridized carbons (Fsp3) is 0.429. The Bertz CT molecular complexity index is 638. The number of methoxy groups -OCH3 is 1. The largest absolute Gasteiger partial charge is 0.497 e. The number of thioether (sulfide) groups is 1. The Morgan fingerprint density at radius 2 is 2.33 bits per heavy atom. The van der Waals surface area contributed by atoms with Gasteiger partial charge in [0.05, 0.1) is 7.11 Å². The molecule has 0 aliphatic carbocycles. The second-order valence-electron chi connectivity index (χ2n) is 4.58. The molecular weight excluding hydrogens is 288 g/mol. The summed E-state index contributed by atoms with van der Waals surface area (Å²) in [5, 5.41) is 7.27. The molecule has 7 heteroatoms. The van der Waals surface area contributed by atoms with Gasteiger partial charge in [-0.2, -0.15) is 0 Å². The minimum Gasteiger partial charge on any atom is -0.497 e. The molecule has 0 aliphatic heterocycles. The summed E-state index contributed by atoms with van der Waals surface area (Å²) >= 11 is 1.49. The van der Waals surface area contributed by atoms with Crippen LogP contribution < -0.4 is 16.2 Å². The standard InChI is InChI=1S/C14H20N4O2S/c1-3-7-18-13(19)16-17-14(18)21-12(9-15)10-5-4-6-11(8-10)20-2/h4-6,8,12H,3,7,9,15H2,1-2H3,(H,16,19). The third kappa shape index (κ3) is 3.68. The van der Waals surface area contributed by atoms with E-state index in [9.17, 15) is 4.79 Å². The van der Waals surface area contributed by atoms with Crippen molar-refractivity contribution in [3.8, 4) is 5.75 Å². The first-order valence-electron chi connectivity index (χ1n) is 6.85. The van der Waals surface area contributed by atoms with Crippen molar-refractivity contribution in [2.75, 3.05) is 13.7 Å². The van der Waals surface area contributed by atoms with E-state index in [1.54, 1.807) is 11.7 Å². The van der Waals surface area contributed by atoms with Crippen LogP contribution in [0.25, 0.3) is 0 Å². The van der Waals surface area contributed by atoms with Crippen molar-refractivity contribution < 1.29 is 4.74 Å². The third-order valence-electron chi connectivity index (χ3n) is 3.10. The Morgan fingerprint density at radius 1 is 1.52 bits per heavy atom. The van der Waals surface area contributed by atoms with Crippen LogP contribution in [0.1, 0.15) is 24.2 Å².